The second-order valence-electron chi connectivity index (χ2n) is 6.97. The van der Waals surface area contributed by atoms with Crippen molar-refractivity contribution in [2.24, 2.45) is 0 Å². The fourth-order valence-corrected chi connectivity index (χ4v) is 3.99. The Bertz CT molecular complexity index is 1010. The summed E-state index contributed by atoms with van der Waals surface area (Å²) >= 11 is 0. The maximum Gasteiger partial charge on any atom is 0.161 e. The fraction of sp³-hybridized carbons (Fsp3) is 0.429. The minimum atomic E-state index is 0.629. The number of fused-ring (bicyclic) bond motifs is 1. The molecule has 1 aliphatic heterocycles. The Morgan fingerprint density at radius 3 is 2.41 bits per heavy atom. The predicted octanol–water partition coefficient (Wildman–Crippen LogP) is 3.96. The molecule has 1 fully saturated rings. The predicted molar refractivity (Wildman–Crippen MR) is 108 cm³/mol. The van der Waals surface area contributed by atoms with E-state index >= 15 is 0 Å². The van der Waals surface area contributed by atoms with Gasteiger partial charge in [0.1, 0.15) is 11.5 Å². The number of rotatable bonds is 5. The van der Waals surface area contributed by atoms with E-state index in [1.54, 1.807) is 7.11 Å². The molecule has 1 aliphatic rings. The van der Waals surface area contributed by atoms with Crippen LogP contribution in [-0.4, -0.2) is 41.6 Å². The van der Waals surface area contributed by atoms with Crippen LogP contribution in [0.5, 0.6) is 11.5 Å². The molecule has 0 spiro atoms. The lowest BCUT2D eigenvalue weighted by Gasteiger charge is -2.32. The van der Waals surface area contributed by atoms with E-state index in [4.69, 9.17) is 9.47 Å². The second-order valence-corrected chi connectivity index (χ2v) is 6.97. The molecular formula is C21H26N4O2. The van der Waals surface area contributed by atoms with Gasteiger partial charge in [0, 0.05) is 41.3 Å². The zero-order valence-corrected chi connectivity index (χ0v) is 16.7. The molecule has 1 saturated heterocycles. The summed E-state index contributed by atoms with van der Waals surface area (Å²) in [6.07, 6.45) is 1.21. The van der Waals surface area contributed by atoms with Crippen LogP contribution >= 0.6 is 0 Å². The summed E-state index contributed by atoms with van der Waals surface area (Å²) in [6, 6.07) is 5.99. The average molecular weight is 366 g/mol. The first kappa shape index (κ1) is 17.6. The third-order valence-corrected chi connectivity index (χ3v) is 5.38. The van der Waals surface area contributed by atoms with Gasteiger partial charge in [-0.2, -0.15) is 5.10 Å². The summed E-state index contributed by atoms with van der Waals surface area (Å²) in [5.41, 5.74) is 4.27. The Morgan fingerprint density at radius 1 is 1.04 bits per heavy atom. The zero-order valence-electron chi connectivity index (χ0n) is 16.7. The molecule has 4 rings (SSSR count). The van der Waals surface area contributed by atoms with Gasteiger partial charge in [0.05, 0.1) is 25.1 Å². The SMILES string of the molecule is CCOc1ccc(-n2c(C)c3c(C)nnc(N4CCC4)c3c2C)c(OC)c1. The maximum atomic E-state index is 5.69. The highest BCUT2D eigenvalue weighted by Gasteiger charge is 2.25. The molecule has 0 radical (unpaired) electrons. The van der Waals surface area contributed by atoms with Gasteiger partial charge in [-0.25, -0.2) is 0 Å². The lowest BCUT2D eigenvalue weighted by atomic mass is 10.1. The smallest absolute Gasteiger partial charge is 0.161 e. The number of anilines is 1. The molecule has 27 heavy (non-hydrogen) atoms. The lowest BCUT2D eigenvalue weighted by Crippen LogP contribution is -2.38. The van der Waals surface area contributed by atoms with Crippen LogP contribution in [-0.2, 0) is 0 Å². The highest BCUT2D eigenvalue weighted by Crippen LogP contribution is 2.39. The van der Waals surface area contributed by atoms with Crippen molar-refractivity contribution in [2.75, 3.05) is 31.7 Å². The van der Waals surface area contributed by atoms with Crippen LogP contribution in [0.15, 0.2) is 18.2 Å². The van der Waals surface area contributed by atoms with Crippen LogP contribution in [0.3, 0.4) is 0 Å². The van der Waals surface area contributed by atoms with Gasteiger partial charge in [0.15, 0.2) is 5.82 Å². The Labute approximate surface area is 159 Å². The van der Waals surface area contributed by atoms with Crippen molar-refractivity contribution in [2.45, 2.75) is 34.1 Å². The van der Waals surface area contributed by atoms with Gasteiger partial charge in [-0.1, -0.05) is 0 Å². The van der Waals surface area contributed by atoms with Crippen LogP contribution in [0.25, 0.3) is 16.5 Å². The Kier molecular flexibility index (Phi) is 4.42. The Morgan fingerprint density at radius 2 is 1.78 bits per heavy atom. The maximum absolute atomic E-state index is 5.69. The van der Waals surface area contributed by atoms with Crippen molar-refractivity contribution in [3.05, 3.63) is 35.3 Å². The molecular weight excluding hydrogens is 340 g/mol. The van der Waals surface area contributed by atoms with Crippen molar-refractivity contribution >= 4 is 16.6 Å². The average Bonchev–Trinajstić information content (AvgIpc) is 2.88. The van der Waals surface area contributed by atoms with E-state index in [-0.39, 0.29) is 0 Å². The normalized spacial score (nSPS) is 13.7. The van der Waals surface area contributed by atoms with Crippen LogP contribution in [0.1, 0.15) is 30.4 Å². The van der Waals surface area contributed by atoms with Gasteiger partial charge in [-0.3, -0.25) is 0 Å². The first-order valence-electron chi connectivity index (χ1n) is 9.47. The molecule has 2 aromatic heterocycles. The highest BCUT2D eigenvalue weighted by atomic mass is 16.5. The van der Waals surface area contributed by atoms with Crippen LogP contribution < -0.4 is 14.4 Å². The van der Waals surface area contributed by atoms with E-state index in [9.17, 15) is 0 Å². The van der Waals surface area contributed by atoms with E-state index in [0.717, 1.165) is 53.2 Å². The number of aryl methyl sites for hydroxylation is 3. The molecule has 1 aromatic carbocycles. The van der Waals surface area contributed by atoms with Gasteiger partial charge < -0.3 is 18.9 Å². The molecule has 0 unspecified atom stereocenters. The molecule has 0 saturated carbocycles. The molecule has 0 aliphatic carbocycles. The minimum Gasteiger partial charge on any atom is -0.494 e. The van der Waals surface area contributed by atoms with Crippen molar-refractivity contribution in [3.63, 3.8) is 0 Å². The zero-order chi connectivity index (χ0) is 19.1. The molecule has 0 atom stereocenters. The van der Waals surface area contributed by atoms with Crippen LogP contribution in [0, 0.1) is 20.8 Å². The number of hydrogen-bond donors (Lipinski definition) is 0. The molecule has 6 nitrogen and oxygen atoms in total. The number of hydrogen-bond acceptors (Lipinski definition) is 5. The molecule has 3 aromatic rings. The Hall–Kier alpha value is -2.76. The summed E-state index contributed by atoms with van der Waals surface area (Å²) < 4.78 is 13.6. The largest absolute Gasteiger partial charge is 0.494 e. The van der Waals surface area contributed by atoms with E-state index in [0.29, 0.717) is 6.61 Å². The molecule has 6 heteroatoms. The molecule has 0 bridgehead atoms. The first-order chi connectivity index (χ1) is 13.1. The lowest BCUT2D eigenvalue weighted by molar-refractivity contribution is 0.336. The second kappa shape index (κ2) is 6.76. The number of benzene rings is 1. The van der Waals surface area contributed by atoms with Crippen LogP contribution in [0.4, 0.5) is 5.82 Å². The summed E-state index contributed by atoms with van der Waals surface area (Å²) in [7, 11) is 1.70. The van der Waals surface area contributed by atoms with Crippen molar-refractivity contribution < 1.29 is 9.47 Å². The van der Waals surface area contributed by atoms with Crippen molar-refractivity contribution in [1.82, 2.24) is 14.8 Å². The monoisotopic (exact) mass is 366 g/mol. The van der Waals surface area contributed by atoms with E-state index in [2.05, 4.69) is 39.6 Å². The van der Waals surface area contributed by atoms with Crippen molar-refractivity contribution in [3.8, 4) is 17.2 Å². The standard InChI is InChI=1S/C21H26N4O2/c1-6-27-16-8-9-17(18(12-16)26-5)25-14(3)19-13(2)22-23-21(20(19)15(25)4)24-10-7-11-24/h8-9,12H,6-7,10-11H2,1-5H3. The Balaban J connectivity index is 1.97. The number of aromatic nitrogens is 3. The van der Waals surface area contributed by atoms with Gasteiger partial charge >= 0.3 is 0 Å². The van der Waals surface area contributed by atoms with Crippen molar-refractivity contribution in [1.29, 1.82) is 0 Å². The van der Waals surface area contributed by atoms with Gasteiger partial charge in [-0.15, -0.1) is 5.10 Å². The summed E-state index contributed by atoms with van der Waals surface area (Å²) in [6.45, 7) is 11.0. The third-order valence-electron chi connectivity index (χ3n) is 5.38. The van der Waals surface area contributed by atoms with Gasteiger partial charge in [-0.05, 0) is 46.2 Å². The van der Waals surface area contributed by atoms with E-state index in [1.165, 1.54) is 17.2 Å². The number of nitrogens with zero attached hydrogens (tertiary/aromatic N) is 4. The fourth-order valence-electron chi connectivity index (χ4n) is 3.99. The quantitative estimate of drug-likeness (QED) is 0.684. The van der Waals surface area contributed by atoms with Gasteiger partial charge in [0.25, 0.3) is 0 Å². The minimum absolute atomic E-state index is 0.629. The third kappa shape index (κ3) is 2.71. The molecule has 142 valence electrons. The number of ether oxygens (including phenoxy) is 2. The molecule has 0 amide bonds. The molecule has 0 N–H and O–H groups in total. The number of methoxy groups -OCH3 is 1. The van der Waals surface area contributed by atoms with Crippen LogP contribution in [0.2, 0.25) is 0 Å². The van der Waals surface area contributed by atoms with E-state index < -0.39 is 0 Å². The highest BCUT2D eigenvalue weighted by molar-refractivity contribution is 5.99. The molecule has 3 heterocycles. The summed E-state index contributed by atoms with van der Waals surface area (Å²) in [4.78, 5) is 2.31. The first-order valence-corrected chi connectivity index (χ1v) is 9.47. The topological polar surface area (TPSA) is 52.4 Å². The van der Waals surface area contributed by atoms with Gasteiger partial charge in [0.2, 0.25) is 0 Å². The van der Waals surface area contributed by atoms with E-state index in [1.807, 2.05) is 26.0 Å². The summed E-state index contributed by atoms with van der Waals surface area (Å²) in [5.74, 6) is 2.59. The summed E-state index contributed by atoms with van der Waals surface area (Å²) in [5, 5.41) is 11.3.